The van der Waals surface area contributed by atoms with Gasteiger partial charge in [-0.2, -0.15) is 5.10 Å². The van der Waals surface area contributed by atoms with Gasteiger partial charge in [0.1, 0.15) is 5.82 Å². The molecular formula is C41H56N6O2Si. The molecule has 2 aliphatic heterocycles. The highest BCUT2D eigenvalue weighted by molar-refractivity contribution is 6.99. The summed E-state index contributed by atoms with van der Waals surface area (Å²) in [7, 11) is -0.520. The lowest BCUT2D eigenvalue weighted by Gasteiger charge is -2.52. The van der Waals surface area contributed by atoms with Gasteiger partial charge in [-0.1, -0.05) is 81.4 Å². The molecule has 8 rings (SSSR count). The van der Waals surface area contributed by atoms with E-state index in [1.54, 1.807) is 0 Å². The summed E-state index contributed by atoms with van der Waals surface area (Å²) in [6, 6.07) is 23.0. The average Bonchev–Trinajstić information content (AvgIpc) is 3.90. The smallest absolute Gasteiger partial charge is 0.261 e. The van der Waals surface area contributed by atoms with Crippen LogP contribution >= 0.6 is 0 Å². The molecule has 0 atom stereocenters. The number of ether oxygens (including phenoxy) is 1. The molecule has 2 aromatic heterocycles. The lowest BCUT2D eigenvalue weighted by atomic mass is 9.76. The normalized spacial score (nSPS) is 25.9. The highest BCUT2D eigenvalue weighted by Crippen LogP contribution is 2.44. The van der Waals surface area contributed by atoms with E-state index in [9.17, 15) is 0 Å². The maximum Gasteiger partial charge on any atom is 0.261 e. The fourth-order valence-electron chi connectivity index (χ4n) is 9.90. The number of benzene rings is 2. The molecule has 9 heteroatoms. The topological polar surface area (TPSA) is 70.2 Å². The second-order valence-corrected chi connectivity index (χ2v) is 21.3. The van der Waals surface area contributed by atoms with Crippen LogP contribution in [0.5, 0.6) is 0 Å². The largest absolute Gasteiger partial charge is 0.400 e. The van der Waals surface area contributed by atoms with Crippen LogP contribution in [0.4, 0.5) is 0 Å². The van der Waals surface area contributed by atoms with Crippen molar-refractivity contribution in [1.82, 2.24) is 29.4 Å². The molecular weight excluding hydrogens is 637 g/mol. The Labute approximate surface area is 299 Å². The van der Waals surface area contributed by atoms with Crippen molar-refractivity contribution < 1.29 is 9.16 Å². The SMILES string of the molecule is Cn1c(CO[Si](c2ccccc2)(c2ccccc2)C(C)(C)C)nnc1[C@H]1CC[C@H](c2cnn([C@H]3CC[C@H](N4CC5(CCOC5)C4)CC3)c2)CC1. The first kappa shape index (κ1) is 34.0. The monoisotopic (exact) mass is 692 g/mol. The van der Waals surface area contributed by atoms with Gasteiger partial charge in [-0.3, -0.25) is 9.58 Å². The Hall–Kier alpha value is -3.11. The van der Waals surface area contributed by atoms with Crippen LogP contribution in [-0.4, -0.2) is 70.1 Å². The molecule has 2 saturated carbocycles. The molecule has 0 N–H and O–H groups in total. The van der Waals surface area contributed by atoms with Crippen molar-refractivity contribution >= 4 is 18.7 Å². The van der Waals surface area contributed by atoms with Gasteiger partial charge in [0.05, 0.1) is 25.5 Å². The molecule has 1 spiro atoms. The van der Waals surface area contributed by atoms with E-state index in [1.165, 1.54) is 74.0 Å². The fourth-order valence-corrected chi connectivity index (χ4v) is 14.4. The minimum absolute atomic E-state index is 0.0777. The maximum atomic E-state index is 7.21. The highest BCUT2D eigenvalue weighted by Gasteiger charge is 2.51. The summed E-state index contributed by atoms with van der Waals surface area (Å²) in [5.74, 6) is 3.01. The van der Waals surface area contributed by atoms with Crippen molar-refractivity contribution in [3.05, 3.63) is 90.3 Å². The molecule has 0 bridgehead atoms. The fraction of sp³-hybridized carbons (Fsp3) is 0.585. The van der Waals surface area contributed by atoms with Crippen molar-refractivity contribution in [3.8, 4) is 0 Å². The summed E-state index contributed by atoms with van der Waals surface area (Å²) in [4.78, 5) is 2.74. The van der Waals surface area contributed by atoms with Gasteiger partial charge in [0.25, 0.3) is 8.32 Å². The molecule has 2 aliphatic carbocycles. The third-order valence-corrected chi connectivity index (χ3v) is 17.8. The third kappa shape index (κ3) is 6.33. The minimum atomic E-state index is -2.65. The zero-order chi connectivity index (χ0) is 34.3. The summed E-state index contributed by atoms with van der Waals surface area (Å²) in [5, 5.41) is 16.9. The van der Waals surface area contributed by atoms with Crippen molar-refractivity contribution in [2.24, 2.45) is 12.5 Å². The molecule has 0 amide bonds. The Kier molecular flexibility index (Phi) is 9.38. The van der Waals surface area contributed by atoms with E-state index in [4.69, 9.17) is 24.5 Å². The first-order valence-corrected chi connectivity index (χ1v) is 21.1. The lowest BCUT2D eigenvalue weighted by Crippen LogP contribution is -2.66. The minimum Gasteiger partial charge on any atom is -0.400 e. The van der Waals surface area contributed by atoms with Crippen LogP contribution in [0.2, 0.25) is 5.04 Å². The standard InChI is InChI=1S/C41H56N6O2Si/c1-40(2,3)50(36-11-7-5-8-12-36,37-13-9-6-10-14-37)49-27-38-43-44-39(45(38)4)32-17-15-31(16-18-32)33-25-42-47(26-33)35-21-19-34(20-22-35)46-28-41(29-46)23-24-48-30-41/h5-14,25-26,31-32,34-35H,15-24,27-30H2,1-4H3/t31-,32-,34-,35-. The van der Waals surface area contributed by atoms with E-state index in [-0.39, 0.29) is 5.04 Å². The number of hydrogen-bond acceptors (Lipinski definition) is 6. The molecule has 0 unspecified atom stereocenters. The van der Waals surface area contributed by atoms with E-state index in [0.29, 0.717) is 29.9 Å². The van der Waals surface area contributed by atoms with Gasteiger partial charge in [-0.15, -0.1) is 10.2 Å². The molecule has 4 aliphatic rings. The summed E-state index contributed by atoms with van der Waals surface area (Å²) in [6.45, 7) is 11.9. The molecule has 4 heterocycles. The predicted octanol–water partition coefficient (Wildman–Crippen LogP) is 6.74. The Morgan fingerprint density at radius 1 is 0.820 bits per heavy atom. The molecule has 2 saturated heterocycles. The van der Waals surface area contributed by atoms with E-state index >= 15 is 0 Å². The second kappa shape index (κ2) is 13.8. The van der Waals surface area contributed by atoms with Crippen molar-refractivity contribution in [3.63, 3.8) is 0 Å². The summed E-state index contributed by atoms with van der Waals surface area (Å²) in [5.41, 5.74) is 1.91. The summed E-state index contributed by atoms with van der Waals surface area (Å²) in [6.07, 6.45) is 15.5. The Bertz CT molecular complexity index is 1660. The van der Waals surface area contributed by atoms with Crippen LogP contribution in [0.15, 0.2) is 73.1 Å². The van der Waals surface area contributed by atoms with Gasteiger partial charge in [0.15, 0.2) is 5.82 Å². The summed E-state index contributed by atoms with van der Waals surface area (Å²) < 4.78 is 17.4. The number of hydrogen-bond donors (Lipinski definition) is 0. The lowest BCUT2D eigenvalue weighted by molar-refractivity contribution is -0.0475. The van der Waals surface area contributed by atoms with Crippen molar-refractivity contribution in [2.75, 3.05) is 26.3 Å². The third-order valence-electron chi connectivity index (χ3n) is 12.8. The van der Waals surface area contributed by atoms with Crippen LogP contribution in [0.1, 0.15) is 114 Å². The molecule has 4 fully saturated rings. The van der Waals surface area contributed by atoms with Gasteiger partial charge in [-0.25, -0.2) is 0 Å². The molecule has 4 aromatic rings. The number of nitrogens with zero attached hydrogens (tertiary/aromatic N) is 6. The second-order valence-electron chi connectivity index (χ2n) is 17.0. The predicted molar refractivity (Wildman–Crippen MR) is 200 cm³/mol. The number of likely N-dealkylation sites (tertiary alicyclic amines) is 1. The average molecular weight is 693 g/mol. The Morgan fingerprint density at radius 3 is 2.04 bits per heavy atom. The van der Waals surface area contributed by atoms with Crippen LogP contribution in [0, 0.1) is 5.41 Å². The molecule has 8 nitrogen and oxygen atoms in total. The first-order valence-electron chi connectivity index (χ1n) is 19.2. The highest BCUT2D eigenvalue weighted by atomic mass is 28.4. The molecule has 2 aromatic carbocycles. The van der Waals surface area contributed by atoms with Crippen molar-refractivity contribution in [1.29, 1.82) is 0 Å². The molecule has 266 valence electrons. The summed E-state index contributed by atoms with van der Waals surface area (Å²) >= 11 is 0. The maximum absolute atomic E-state index is 7.21. The number of aromatic nitrogens is 5. The van der Waals surface area contributed by atoms with Crippen LogP contribution in [0.3, 0.4) is 0 Å². The van der Waals surface area contributed by atoms with E-state index in [2.05, 4.69) is 115 Å². The van der Waals surface area contributed by atoms with E-state index in [0.717, 1.165) is 43.7 Å². The zero-order valence-electron chi connectivity index (χ0n) is 30.6. The first-order chi connectivity index (χ1) is 24.2. The van der Waals surface area contributed by atoms with Crippen LogP contribution < -0.4 is 10.4 Å². The van der Waals surface area contributed by atoms with E-state index in [1.807, 2.05) is 0 Å². The quantitative estimate of drug-likeness (QED) is 0.181. The van der Waals surface area contributed by atoms with E-state index < -0.39 is 8.32 Å². The zero-order valence-corrected chi connectivity index (χ0v) is 31.6. The van der Waals surface area contributed by atoms with Gasteiger partial charge in [0.2, 0.25) is 0 Å². The van der Waals surface area contributed by atoms with Gasteiger partial charge >= 0.3 is 0 Å². The Balaban J connectivity index is 0.879. The Morgan fingerprint density at radius 2 is 1.44 bits per heavy atom. The van der Waals surface area contributed by atoms with Crippen LogP contribution in [-0.2, 0) is 22.8 Å². The van der Waals surface area contributed by atoms with Crippen LogP contribution in [0.25, 0.3) is 0 Å². The molecule has 0 radical (unpaired) electrons. The van der Waals surface area contributed by atoms with Gasteiger partial charge in [0, 0.05) is 50.3 Å². The van der Waals surface area contributed by atoms with Gasteiger partial charge in [-0.05, 0) is 84.7 Å². The van der Waals surface area contributed by atoms with Crippen molar-refractivity contribution in [2.45, 2.75) is 114 Å². The van der Waals surface area contributed by atoms with Gasteiger partial charge < -0.3 is 13.7 Å². The molecule has 50 heavy (non-hydrogen) atoms. The number of rotatable bonds is 9.